The summed E-state index contributed by atoms with van der Waals surface area (Å²) in [5.74, 6) is 0. The van der Waals surface area contributed by atoms with E-state index in [-0.39, 0.29) is 0 Å². The van der Waals surface area contributed by atoms with Gasteiger partial charge in [0.1, 0.15) is 0 Å². The van der Waals surface area contributed by atoms with Gasteiger partial charge in [-0.3, -0.25) is 9.97 Å². The van der Waals surface area contributed by atoms with E-state index in [1.165, 1.54) is 5.56 Å². The number of rotatable bonds is 2. The van der Waals surface area contributed by atoms with Crippen molar-refractivity contribution in [3.05, 3.63) is 59.2 Å². The summed E-state index contributed by atoms with van der Waals surface area (Å²) in [6.07, 6.45) is 2.67. The smallest absolute Gasteiger partial charge is 0.0662 e. The summed E-state index contributed by atoms with van der Waals surface area (Å²) in [4.78, 5) is 8.82. The third-order valence-corrected chi connectivity index (χ3v) is 2.39. The van der Waals surface area contributed by atoms with Gasteiger partial charge in [-0.1, -0.05) is 30.3 Å². The van der Waals surface area contributed by atoms with Crippen LogP contribution < -0.4 is 0 Å². The van der Waals surface area contributed by atoms with E-state index in [9.17, 15) is 0 Å². The zero-order valence-corrected chi connectivity index (χ0v) is 9.07. The second-order valence-corrected chi connectivity index (χ2v) is 3.71. The Morgan fingerprint density at radius 1 is 1.07 bits per heavy atom. The van der Waals surface area contributed by atoms with E-state index in [1.54, 1.807) is 0 Å². The lowest BCUT2D eigenvalue weighted by Crippen LogP contribution is -1.99. The van der Waals surface area contributed by atoms with Crippen molar-refractivity contribution in [2.45, 2.75) is 20.3 Å². The lowest BCUT2D eigenvalue weighted by Gasteiger charge is -2.04. The molecule has 0 radical (unpaired) electrons. The molecule has 15 heavy (non-hydrogen) atoms. The van der Waals surface area contributed by atoms with Crippen LogP contribution in [0, 0.1) is 13.8 Å². The van der Waals surface area contributed by atoms with E-state index in [2.05, 4.69) is 22.1 Å². The number of aryl methyl sites for hydroxylation is 2. The summed E-state index contributed by atoms with van der Waals surface area (Å²) in [7, 11) is 0. The number of hydrogen-bond acceptors (Lipinski definition) is 2. The van der Waals surface area contributed by atoms with E-state index in [0.29, 0.717) is 0 Å². The van der Waals surface area contributed by atoms with Crippen LogP contribution in [-0.4, -0.2) is 9.97 Å². The third kappa shape index (κ3) is 2.40. The monoisotopic (exact) mass is 198 g/mol. The van der Waals surface area contributed by atoms with Gasteiger partial charge in [-0.15, -0.1) is 0 Å². The first-order valence-corrected chi connectivity index (χ1v) is 5.09. The van der Waals surface area contributed by atoms with Gasteiger partial charge in [0.05, 0.1) is 17.1 Å². The lowest BCUT2D eigenvalue weighted by molar-refractivity contribution is 0.951. The molecule has 0 aliphatic heterocycles. The van der Waals surface area contributed by atoms with Crippen molar-refractivity contribution in [2.75, 3.05) is 0 Å². The molecule has 0 bridgehead atoms. The first-order chi connectivity index (χ1) is 7.25. The lowest BCUT2D eigenvalue weighted by atomic mass is 10.1. The number of nitrogens with zero attached hydrogens (tertiary/aromatic N) is 2. The molecule has 0 aliphatic rings. The summed E-state index contributed by atoms with van der Waals surface area (Å²) >= 11 is 0. The highest BCUT2D eigenvalue weighted by atomic mass is 14.8. The summed E-state index contributed by atoms with van der Waals surface area (Å²) < 4.78 is 0. The van der Waals surface area contributed by atoms with E-state index in [0.717, 1.165) is 23.5 Å². The molecular weight excluding hydrogens is 184 g/mol. The maximum atomic E-state index is 4.51. The van der Waals surface area contributed by atoms with Crippen LogP contribution >= 0.6 is 0 Å². The van der Waals surface area contributed by atoms with Crippen LogP contribution in [0.5, 0.6) is 0 Å². The van der Waals surface area contributed by atoms with E-state index >= 15 is 0 Å². The quantitative estimate of drug-likeness (QED) is 0.741. The molecule has 2 heteroatoms. The zero-order chi connectivity index (χ0) is 10.7. The summed E-state index contributed by atoms with van der Waals surface area (Å²) in [6.45, 7) is 3.98. The summed E-state index contributed by atoms with van der Waals surface area (Å²) in [5.41, 5.74) is 4.35. The second kappa shape index (κ2) is 4.22. The minimum Gasteiger partial charge on any atom is -0.258 e. The molecule has 0 spiro atoms. The highest BCUT2D eigenvalue weighted by Crippen LogP contribution is 2.09. The average molecular weight is 198 g/mol. The van der Waals surface area contributed by atoms with Crippen molar-refractivity contribution in [1.82, 2.24) is 9.97 Å². The Hall–Kier alpha value is -1.70. The molecule has 2 rings (SSSR count). The first kappa shape index (κ1) is 9.84. The highest BCUT2D eigenvalue weighted by molar-refractivity contribution is 5.24. The molecule has 0 amide bonds. The van der Waals surface area contributed by atoms with Crippen molar-refractivity contribution >= 4 is 0 Å². The van der Waals surface area contributed by atoms with Crippen molar-refractivity contribution in [2.24, 2.45) is 0 Å². The maximum absolute atomic E-state index is 4.51. The van der Waals surface area contributed by atoms with Crippen LogP contribution in [0.4, 0.5) is 0 Å². The zero-order valence-electron chi connectivity index (χ0n) is 9.07. The third-order valence-electron chi connectivity index (χ3n) is 2.39. The fourth-order valence-corrected chi connectivity index (χ4v) is 1.54. The minimum atomic E-state index is 0.862. The average Bonchev–Trinajstić information content (AvgIpc) is 2.25. The van der Waals surface area contributed by atoms with Crippen molar-refractivity contribution in [3.8, 4) is 0 Å². The van der Waals surface area contributed by atoms with Crippen LogP contribution in [0.1, 0.15) is 22.6 Å². The fourth-order valence-electron chi connectivity index (χ4n) is 1.54. The predicted molar refractivity (Wildman–Crippen MR) is 60.8 cm³/mol. The molecule has 0 unspecified atom stereocenters. The molecule has 0 aliphatic carbocycles. The standard InChI is InChI=1S/C13H14N2/c1-10-9-14-11(2)13(15-10)8-12-6-4-3-5-7-12/h3-7,9H,8H2,1-2H3. The minimum absolute atomic E-state index is 0.862. The SMILES string of the molecule is Cc1cnc(C)c(Cc2ccccc2)n1. The van der Waals surface area contributed by atoms with Crippen LogP contribution in [0.2, 0.25) is 0 Å². The number of benzene rings is 1. The van der Waals surface area contributed by atoms with Gasteiger partial charge in [0.25, 0.3) is 0 Å². The molecule has 0 atom stereocenters. The molecule has 2 nitrogen and oxygen atoms in total. The molecule has 0 N–H and O–H groups in total. The molecule has 76 valence electrons. The molecule has 0 saturated carbocycles. The Kier molecular flexibility index (Phi) is 2.77. The molecule has 1 heterocycles. The Morgan fingerprint density at radius 2 is 1.80 bits per heavy atom. The van der Waals surface area contributed by atoms with Gasteiger partial charge in [0, 0.05) is 12.6 Å². The molecule has 1 aromatic carbocycles. The van der Waals surface area contributed by atoms with Gasteiger partial charge in [0.15, 0.2) is 0 Å². The Morgan fingerprint density at radius 3 is 2.53 bits per heavy atom. The highest BCUT2D eigenvalue weighted by Gasteiger charge is 2.02. The Bertz CT molecular complexity index is 449. The van der Waals surface area contributed by atoms with Gasteiger partial charge in [0.2, 0.25) is 0 Å². The Balaban J connectivity index is 2.28. The van der Waals surface area contributed by atoms with Crippen molar-refractivity contribution in [1.29, 1.82) is 0 Å². The number of aromatic nitrogens is 2. The number of hydrogen-bond donors (Lipinski definition) is 0. The normalized spacial score (nSPS) is 10.3. The topological polar surface area (TPSA) is 25.8 Å². The van der Waals surface area contributed by atoms with Gasteiger partial charge in [-0.2, -0.15) is 0 Å². The maximum Gasteiger partial charge on any atom is 0.0662 e. The molecule has 2 aromatic rings. The first-order valence-electron chi connectivity index (χ1n) is 5.09. The fraction of sp³-hybridized carbons (Fsp3) is 0.231. The van der Waals surface area contributed by atoms with Crippen LogP contribution in [0.25, 0.3) is 0 Å². The summed E-state index contributed by atoms with van der Waals surface area (Å²) in [6, 6.07) is 10.4. The van der Waals surface area contributed by atoms with Gasteiger partial charge in [-0.25, -0.2) is 0 Å². The van der Waals surface area contributed by atoms with E-state index in [4.69, 9.17) is 0 Å². The molecular formula is C13H14N2. The molecule has 1 aromatic heterocycles. The van der Waals surface area contributed by atoms with Gasteiger partial charge >= 0.3 is 0 Å². The van der Waals surface area contributed by atoms with E-state index < -0.39 is 0 Å². The van der Waals surface area contributed by atoms with Crippen LogP contribution in [0.15, 0.2) is 36.5 Å². The summed E-state index contributed by atoms with van der Waals surface area (Å²) in [5, 5.41) is 0. The van der Waals surface area contributed by atoms with Gasteiger partial charge < -0.3 is 0 Å². The molecule has 0 fully saturated rings. The largest absolute Gasteiger partial charge is 0.258 e. The predicted octanol–water partition coefficient (Wildman–Crippen LogP) is 2.68. The van der Waals surface area contributed by atoms with E-state index in [1.807, 2.05) is 38.2 Å². The van der Waals surface area contributed by atoms with Gasteiger partial charge in [-0.05, 0) is 19.4 Å². The van der Waals surface area contributed by atoms with Crippen LogP contribution in [0.3, 0.4) is 0 Å². The second-order valence-electron chi connectivity index (χ2n) is 3.71. The van der Waals surface area contributed by atoms with Crippen LogP contribution in [-0.2, 0) is 6.42 Å². The van der Waals surface area contributed by atoms with Crippen molar-refractivity contribution < 1.29 is 0 Å². The molecule has 0 saturated heterocycles. The van der Waals surface area contributed by atoms with Crippen molar-refractivity contribution in [3.63, 3.8) is 0 Å². The Labute approximate surface area is 90.0 Å².